The number of nitrogens with zero attached hydrogens (tertiary/aromatic N) is 1. The van der Waals surface area contributed by atoms with E-state index in [0.717, 1.165) is 4.57 Å². The lowest BCUT2D eigenvalue weighted by Crippen LogP contribution is -2.36. The molecule has 5 atom stereocenters. The molecule has 0 aliphatic carbocycles. The highest BCUT2D eigenvalue weighted by Crippen LogP contribution is 2.35. The van der Waals surface area contributed by atoms with E-state index >= 15 is 0 Å². The van der Waals surface area contributed by atoms with E-state index in [2.05, 4.69) is 14.5 Å². The molecule has 19 heavy (non-hydrogen) atoms. The molecule has 2 rings (SSSR count). The second-order valence-electron chi connectivity index (χ2n) is 4.68. The van der Waals surface area contributed by atoms with E-state index in [1.54, 1.807) is 13.8 Å². The summed E-state index contributed by atoms with van der Waals surface area (Å²) in [6.07, 6.45) is -1.50. The summed E-state index contributed by atoms with van der Waals surface area (Å²) in [5, 5.41) is 0. The lowest BCUT2D eigenvalue weighted by Gasteiger charge is -2.16. The van der Waals surface area contributed by atoms with Crippen molar-refractivity contribution in [2.45, 2.75) is 32.4 Å². The first-order chi connectivity index (χ1) is 8.95. The molecule has 1 saturated heterocycles. The average molecular weight is 290 g/mol. The fraction of sp³-hybridized carbons (Fsp3) is 0.636. The first kappa shape index (κ1) is 14.4. The molecule has 1 aliphatic rings. The number of hydrogen-bond donors (Lipinski definition) is 1. The largest absolute Gasteiger partial charge is 0.363 e. The van der Waals surface area contributed by atoms with Crippen LogP contribution in [0.3, 0.4) is 0 Å². The SMILES string of the molecule is Cc1cn(C2OC(COP)C(C)C2F)c(=O)[nH]c1=O. The predicted octanol–water partition coefficient (Wildman–Crippen LogP) is 0.523. The van der Waals surface area contributed by atoms with Crippen LogP contribution in [0.2, 0.25) is 0 Å². The number of ether oxygens (including phenoxy) is 1. The Kier molecular flexibility index (Phi) is 4.18. The second kappa shape index (κ2) is 5.53. The van der Waals surface area contributed by atoms with Gasteiger partial charge in [-0.15, -0.1) is 0 Å². The molecule has 1 aromatic heterocycles. The molecule has 0 aromatic carbocycles. The topological polar surface area (TPSA) is 73.3 Å². The van der Waals surface area contributed by atoms with E-state index in [4.69, 9.17) is 9.26 Å². The highest BCUT2D eigenvalue weighted by molar-refractivity contribution is 7.09. The fourth-order valence-electron chi connectivity index (χ4n) is 2.12. The molecule has 1 fully saturated rings. The third-order valence-electron chi connectivity index (χ3n) is 3.36. The van der Waals surface area contributed by atoms with E-state index < -0.39 is 35.7 Å². The van der Waals surface area contributed by atoms with Gasteiger partial charge in [-0.2, -0.15) is 0 Å². The molecule has 0 radical (unpaired) electrons. The van der Waals surface area contributed by atoms with Crippen LogP contribution in [-0.2, 0) is 9.26 Å². The molecular weight excluding hydrogens is 274 g/mol. The molecule has 1 N–H and O–H groups in total. The molecular formula is C11H16FN2O4P. The first-order valence-electron chi connectivity index (χ1n) is 5.89. The van der Waals surface area contributed by atoms with Crippen molar-refractivity contribution in [2.75, 3.05) is 6.61 Å². The summed E-state index contributed by atoms with van der Waals surface area (Å²) in [5.74, 6) is -0.398. The summed E-state index contributed by atoms with van der Waals surface area (Å²) in [6, 6.07) is 0. The van der Waals surface area contributed by atoms with Crippen LogP contribution in [0.1, 0.15) is 18.7 Å². The molecule has 5 unspecified atom stereocenters. The Hall–Kier alpha value is -1.04. The Bertz CT molecular complexity index is 573. The van der Waals surface area contributed by atoms with Crippen LogP contribution in [0.25, 0.3) is 0 Å². The van der Waals surface area contributed by atoms with Gasteiger partial charge in [-0.1, -0.05) is 6.92 Å². The average Bonchev–Trinajstić information content (AvgIpc) is 2.63. The lowest BCUT2D eigenvalue weighted by atomic mass is 10.0. The molecule has 0 spiro atoms. The molecule has 0 bridgehead atoms. The molecule has 1 aromatic rings. The van der Waals surface area contributed by atoms with Crippen LogP contribution in [0, 0.1) is 12.8 Å². The third-order valence-corrected chi connectivity index (χ3v) is 3.55. The van der Waals surface area contributed by atoms with Gasteiger partial charge in [-0.25, -0.2) is 9.18 Å². The van der Waals surface area contributed by atoms with Crippen molar-refractivity contribution in [3.63, 3.8) is 0 Å². The van der Waals surface area contributed by atoms with Crippen LogP contribution < -0.4 is 11.2 Å². The van der Waals surface area contributed by atoms with E-state index in [0.29, 0.717) is 5.56 Å². The summed E-state index contributed by atoms with van der Waals surface area (Å²) >= 11 is 0. The summed E-state index contributed by atoms with van der Waals surface area (Å²) in [5.41, 5.74) is -0.829. The quantitative estimate of drug-likeness (QED) is 0.824. The van der Waals surface area contributed by atoms with Crippen molar-refractivity contribution in [2.24, 2.45) is 5.92 Å². The van der Waals surface area contributed by atoms with Crippen molar-refractivity contribution < 1.29 is 13.7 Å². The van der Waals surface area contributed by atoms with Gasteiger partial charge in [0.2, 0.25) is 0 Å². The minimum absolute atomic E-state index is 0.222. The highest BCUT2D eigenvalue weighted by atomic mass is 31.0. The van der Waals surface area contributed by atoms with Gasteiger partial charge in [-0.3, -0.25) is 14.3 Å². The summed E-state index contributed by atoms with van der Waals surface area (Å²) < 4.78 is 25.7. The van der Waals surface area contributed by atoms with E-state index in [1.165, 1.54) is 6.20 Å². The Morgan fingerprint density at radius 1 is 1.58 bits per heavy atom. The second-order valence-corrected chi connectivity index (χ2v) is 5.01. The predicted molar refractivity (Wildman–Crippen MR) is 69.7 cm³/mol. The van der Waals surface area contributed by atoms with Crippen molar-refractivity contribution in [3.8, 4) is 0 Å². The van der Waals surface area contributed by atoms with Crippen molar-refractivity contribution >= 4 is 9.47 Å². The number of rotatable bonds is 3. The number of hydrogen-bond acceptors (Lipinski definition) is 4. The van der Waals surface area contributed by atoms with Gasteiger partial charge in [-0.05, 0) is 6.92 Å². The molecule has 0 amide bonds. The maximum atomic E-state index is 14.2. The smallest absolute Gasteiger partial charge is 0.330 e. The van der Waals surface area contributed by atoms with Gasteiger partial charge in [0.25, 0.3) is 5.56 Å². The zero-order chi connectivity index (χ0) is 14.2. The number of halogens is 1. The van der Waals surface area contributed by atoms with Crippen LogP contribution in [0.4, 0.5) is 4.39 Å². The van der Waals surface area contributed by atoms with Crippen LogP contribution in [0.15, 0.2) is 15.8 Å². The van der Waals surface area contributed by atoms with E-state index in [1.807, 2.05) is 0 Å². The molecule has 0 saturated carbocycles. The molecule has 8 heteroatoms. The molecule has 6 nitrogen and oxygen atoms in total. The summed E-state index contributed by atoms with van der Waals surface area (Å²) in [7, 11) is 2.08. The number of aryl methyl sites for hydroxylation is 1. The van der Waals surface area contributed by atoms with Crippen molar-refractivity contribution in [1.29, 1.82) is 0 Å². The number of aromatic amines is 1. The minimum atomic E-state index is -1.34. The highest BCUT2D eigenvalue weighted by Gasteiger charge is 2.43. The van der Waals surface area contributed by atoms with Gasteiger partial charge in [0.05, 0.1) is 12.7 Å². The maximum Gasteiger partial charge on any atom is 0.330 e. The summed E-state index contributed by atoms with van der Waals surface area (Å²) in [4.78, 5) is 25.2. The summed E-state index contributed by atoms with van der Waals surface area (Å²) in [6.45, 7) is 3.46. The third kappa shape index (κ3) is 2.63. The fourth-order valence-corrected chi connectivity index (χ4v) is 2.31. The number of H-pyrrole nitrogens is 1. The van der Waals surface area contributed by atoms with Gasteiger partial charge in [0, 0.05) is 27.1 Å². The number of alkyl halides is 1. The zero-order valence-electron chi connectivity index (χ0n) is 10.6. The van der Waals surface area contributed by atoms with Gasteiger partial charge in [0.15, 0.2) is 12.4 Å². The Morgan fingerprint density at radius 3 is 2.89 bits per heavy atom. The Labute approximate surface area is 111 Å². The van der Waals surface area contributed by atoms with Crippen molar-refractivity contribution in [3.05, 3.63) is 32.6 Å². The first-order valence-corrected chi connectivity index (χ1v) is 6.36. The zero-order valence-corrected chi connectivity index (χ0v) is 11.8. The molecule has 106 valence electrons. The van der Waals surface area contributed by atoms with Gasteiger partial charge >= 0.3 is 5.69 Å². The van der Waals surface area contributed by atoms with E-state index in [-0.39, 0.29) is 6.61 Å². The minimum Gasteiger partial charge on any atom is -0.363 e. The van der Waals surface area contributed by atoms with Gasteiger partial charge in [0.1, 0.15) is 0 Å². The van der Waals surface area contributed by atoms with E-state index in [9.17, 15) is 14.0 Å². The van der Waals surface area contributed by atoms with Crippen LogP contribution >= 0.6 is 9.47 Å². The standard InChI is InChI=1S/C11H16FN2O4P/c1-5-3-14(11(16)13-9(5)15)10-8(12)6(2)7(18-10)4-17-19/h3,6-8,10H,4,19H2,1-2H3,(H,13,15,16). The monoisotopic (exact) mass is 290 g/mol. The van der Waals surface area contributed by atoms with Crippen LogP contribution in [0.5, 0.6) is 0 Å². The maximum absolute atomic E-state index is 14.2. The van der Waals surface area contributed by atoms with Crippen molar-refractivity contribution in [1.82, 2.24) is 9.55 Å². The van der Waals surface area contributed by atoms with Gasteiger partial charge < -0.3 is 9.26 Å². The number of aromatic nitrogens is 2. The molecule has 1 aliphatic heterocycles. The normalized spacial score (nSPS) is 30.7. The number of nitrogens with one attached hydrogen (secondary N) is 1. The Morgan fingerprint density at radius 2 is 2.26 bits per heavy atom. The molecule has 2 heterocycles. The Balaban J connectivity index is 2.35. The van der Waals surface area contributed by atoms with Crippen LogP contribution in [-0.4, -0.2) is 28.4 Å². The lowest BCUT2D eigenvalue weighted by molar-refractivity contribution is -0.0359.